The molecule has 0 aromatic heterocycles. The molecule has 1 fully saturated rings. The second-order valence-corrected chi connectivity index (χ2v) is 5.03. The van der Waals surface area contributed by atoms with E-state index in [1.807, 2.05) is 0 Å². The third kappa shape index (κ3) is 3.32. The van der Waals surface area contributed by atoms with E-state index in [4.69, 9.17) is 4.74 Å². The fourth-order valence-electron chi connectivity index (χ4n) is 2.39. The van der Waals surface area contributed by atoms with Crippen molar-refractivity contribution >= 4 is 5.91 Å². The number of para-hydroxylation sites is 1. The molecule has 1 amide bonds. The molecule has 1 saturated heterocycles. The molecule has 0 atom stereocenters. The summed E-state index contributed by atoms with van der Waals surface area (Å²) < 4.78 is 34.1. The molecule has 1 aliphatic rings. The molecule has 1 aromatic rings. The number of hydrogen-bond acceptors (Lipinski definition) is 3. The van der Waals surface area contributed by atoms with Gasteiger partial charge in [-0.15, -0.1) is 0 Å². The van der Waals surface area contributed by atoms with Gasteiger partial charge in [0.15, 0.2) is 0 Å². The highest BCUT2D eigenvalue weighted by Crippen LogP contribution is 2.37. The lowest BCUT2D eigenvalue weighted by Gasteiger charge is -2.32. The van der Waals surface area contributed by atoms with E-state index < -0.39 is 23.5 Å². The van der Waals surface area contributed by atoms with Crippen molar-refractivity contribution in [2.75, 3.05) is 19.7 Å². The number of piperidine rings is 1. The molecular formula is C15H19F2NO3. The van der Waals surface area contributed by atoms with Gasteiger partial charge < -0.3 is 14.7 Å². The summed E-state index contributed by atoms with van der Waals surface area (Å²) in [5.74, 6) is -4.84. The fourth-order valence-corrected chi connectivity index (χ4v) is 2.39. The Bertz CT molecular complexity index is 499. The van der Waals surface area contributed by atoms with Crippen LogP contribution in [0.4, 0.5) is 8.78 Å². The third-order valence-electron chi connectivity index (χ3n) is 3.55. The van der Waals surface area contributed by atoms with Gasteiger partial charge in [-0.1, -0.05) is 12.1 Å². The number of hydrogen-bond donors (Lipinski definition) is 1. The number of amides is 1. The van der Waals surface area contributed by atoms with Crippen LogP contribution >= 0.6 is 0 Å². The summed E-state index contributed by atoms with van der Waals surface area (Å²) in [7, 11) is 0. The molecule has 0 spiro atoms. The summed E-state index contributed by atoms with van der Waals surface area (Å²) in [5.41, 5.74) is -0.414. The molecule has 21 heavy (non-hydrogen) atoms. The first-order chi connectivity index (χ1) is 9.96. The highest BCUT2D eigenvalue weighted by Gasteiger charge is 2.46. The lowest BCUT2D eigenvalue weighted by atomic mass is 10.0. The topological polar surface area (TPSA) is 49.8 Å². The molecule has 4 nitrogen and oxygen atoms in total. The number of alkyl halides is 2. The maximum atomic E-state index is 14.5. The Hall–Kier alpha value is -1.69. The van der Waals surface area contributed by atoms with Crippen molar-refractivity contribution in [1.82, 2.24) is 4.90 Å². The van der Waals surface area contributed by atoms with Crippen LogP contribution in [0.15, 0.2) is 24.3 Å². The highest BCUT2D eigenvalue weighted by molar-refractivity contribution is 5.85. The Morgan fingerprint density at radius 2 is 2.00 bits per heavy atom. The quantitative estimate of drug-likeness (QED) is 0.927. The lowest BCUT2D eigenvalue weighted by molar-refractivity contribution is -0.161. The van der Waals surface area contributed by atoms with Gasteiger partial charge in [-0.2, -0.15) is 8.78 Å². The van der Waals surface area contributed by atoms with Gasteiger partial charge in [0.05, 0.1) is 18.3 Å². The van der Waals surface area contributed by atoms with Gasteiger partial charge in [0.1, 0.15) is 5.75 Å². The summed E-state index contributed by atoms with van der Waals surface area (Å²) in [6.07, 6.45) is 0.141. The maximum absolute atomic E-state index is 14.5. The molecule has 1 aliphatic heterocycles. The van der Waals surface area contributed by atoms with Gasteiger partial charge in [0.25, 0.3) is 5.91 Å². The number of halogens is 2. The van der Waals surface area contributed by atoms with Crippen LogP contribution in [0.5, 0.6) is 5.75 Å². The molecular weight excluding hydrogens is 280 g/mol. The average Bonchev–Trinajstić information content (AvgIpc) is 2.48. The number of ether oxygens (including phenoxy) is 1. The number of carbonyl (C=O) groups is 1. The second-order valence-electron chi connectivity index (χ2n) is 5.03. The fraction of sp³-hybridized carbons (Fsp3) is 0.533. The minimum Gasteiger partial charge on any atom is -0.493 e. The molecule has 1 aromatic carbocycles. The van der Waals surface area contributed by atoms with E-state index in [9.17, 15) is 18.7 Å². The zero-order valence-corrected chi connectivity index (χ0v) is 11.9. The second kappa shape index (κ2) is 6.39. The highest BCUT2D eigenvalue weighted by atomic mass is 19.3. The van der Waals surface area contributed by atoms with Crippen molar-refractivity contribution in [2.24, 2.45) is 0 Å². The summed E-state index contributed by atoms with van der Waals surface area (Å²) in [6, 6.07) is 5.69. The number of rotatable bonds is 4. The minimum absolute atomic E-state index is 0.0235. The first kappa shape index (κ1) is 15.7. The zero-order chi connectivity index (χ0) is 15.5. The number of benzene rings is 1. The van der Waals surface area contributed by atoms with Gasteiger partial charge in [0, 0.05) is 13.1 Å². The maximum Gasteiger partial charge on any atom is 0.353 e. The molecule has 0 saturated carbocycles. The standard InChI is InChI=1S/C15H19F2NO3/c1-2-21-13-6-4-3-5-12(13)15(16,17)14(20)18-9-7-11(19)8-10-18/h3-6,11,19H,2,7-10H2,1H3. The van der Waals surface area contributed by atoms with Crippen LogP contribution in [0, 0.1) is 0 Å². The Kier molecular flexibility index (Phi) is 4.77. The van der Waals surface area contributed by atoms with E-state index in [2.05, 4.69) is 0 Å². The molecule has 0 aliphatic carbocycles. The predicted molar refractivity (Wildman–Crippen MR) is 73.3 cm³/mol. The Morgan fingerprint density at radius 1 is 1.38 bits per heavy atom. The summed E-state index contributed by atoms with van der Waals surface area (Å²) in [4.78, 5) is 13.2. The van der Waals surface area contributed by atoms with E-state index in [0.29, 0.717) is 12.8 Å². The van der Waals surface area contributed by atoms with Crippen LogP contribution in [-0.2, 0) is 10.7 Å². The number of nitrogens with zero attached hydrogens (tertiary/aromatic N) is 1. The average molecular weight is 299 g/mol. The smallest absolute Gasteiger partial charge is 0.353 e. The molecule has 6 heteroatoms. The molecule has 1 heterocycles. The molecule has 2 rings (SSSR count). The van der Waals surface area contributed by atoms with Crippen molar-refractivity contribution in [3.05, 3.63) is 29.8 Å². The van der Waals surface area contributed by atoms with E-state index in [-0.39, 0.29) is 25.4 Å². The normalized spacial score (nSPS) is 16.9. The summed E-state index contributed by atoms with van der Waals surface area (Å²) >= 11 is 0. The summed E-state index contributed by atoms with van der Waals surface area (Å²) in [6.45, 7) is 2.23. The van der Waals surface area contributed by atoms with Crippen molar-refractivity contribution in [1.29, 1.82) is 0 Å². The zero-order valence-electron chi connectivity index (χ0n) is 11.9. The molecule has 0 bridgehead atoms. The van der Waals surface area contributed by atoms with Gasteiger partial charge in [0.2, 0.25) is 0 Å². The Labute approximate surface area is 122 Å². The predicted octanol–water partition coefficient (Wildman–Crippen LogP) is 2.16. The molecule has 116 valence electrons. The number of carbonyl (C=O) groups excluding carboxylic acids is 1. The van der Waals surface area contributed by atoms with Gasteiger partial charge in [-0.25, -0.2) is 0 Å². The van der Waals surface area contributed by atoms with Crippen molar-refractivity contribution in [2.45, 2.75) is 31.8 Å². The third-order valence-corrected chi connectivity index (χ3v) is 3.55. The van der Waals surface area contributed by atoms with Gasteiger partial charge >= 0.3 is 5.92 Å². The lowest BCUT2D eigenvalue weighted by Crippen LogP contribution is -2.46. The molecule has 0 unspecified atom stereocenters. The molecule has 1 N–H and O–H groups in total. The first-order valence-electron chi connectivity index (χ1n) is 7.04. The van der Waals surface area contributed by atoms with Crippen LogP contribution < -0.4 is 4.74 Å². The van der Waals surface area contributed by atoms with Crippen LogP contribution in [0.1, 0.15) is 25.3 Å². The van der Waals surface area contributed by atoms with E-state index in [1.54, 1.807) is 13.0 Å². The number of aliphatic hydroxyl groups excluding tert-OH is 1. The Balaban J connectivity index is 2.22. The van der Waals surface area contributed by atoms with Crippen molar-refractivity contribution < 1.29 is 23.4 Å². The number of likely N-dealkylation sites (tertiary alicyclic amines) is 1. The van der Waals surface area contributed by atoms with Crippen molar-refractivity contribution in [3.63, 3.8) is 0 Å². The van der Waals surface area contributed by atoms with Crippen LogP contribution in [0.3, 0.4) is 0 Å². The number of aliphatic hydroxyl groups is 1. The Morgan fingerprint density at radius 3 is 2.62 bits per heavy atom. The van der Waals surface area contributed by atoms with E-state index >= 15 is 0 Å². The largest absolute Gasteiger partial charge is 0.493 e. The monoisotopic (exact) mass is 299 g/mol. The van der Waals surface area contributed by atoms with Crippen LogP contribution in [0.25, 0.3) is 0 Å². The van der Waals surface area contributed by atoms with Gasteiger partial charge in [-0.05, 0) is 31.9 Å². The summed E-state index contributed by atoms with van der Waals surface area (Å²) in [5, 5.41) is 9.40. The van der Waals surface area contributed by atoms with E-state index in [0.717, 1.165) is 4.90 Å². The van der Waals surface area contributed by atoms with Crippen molar-refractivity contribution in [3.8, 4) is 5.75 Å². The van der Waals surface area contributed by atoms with E-state index in [1.165, 1.54) is 18.2 Å². The first-order valence-corrected chi connectivity index (χ1v) is 7.04. The SMILES string of the molecule is CCOc1ccccc1C(F)(F)C(=O)N1CCC(O)CC1. The minimum atomic E-state index is -3.63. The molecule has 0 radical (unpaired) electrons. The van der Waals surface area contributed by atoms with Gasteiger partial charge in [-0.3, -0.25) is 4.79 Å². The van der Waals surface area contributed by atoms with Crippen LogP contribution in [0.2, 0.25) is 0 Å². The van der Waals surface area contributed by atoms with Crippen LogP contribution in [-0.4, -0.2) is 41.7 Å².